The summed E-state index contributed by atoms with van der Waals surface area (Å²) in [7, 11) is 1.66. The summed E-state index contributed by atoms with van der Waals surface area (Å²) in [6.45, 7) is 0. The average Bonchev–Trinajstić information content (AvgIpc) is 3.52. The van der Waals surface area contributed by atoms with E-state index in [0.717, 1.165) is 21.4 Å². The molecule has 1 aliphatic heterocycles. The lowest BCUT2D eigenvalue weighted by atomic mass is 9.97. The van der Waals surface area contributed by atoms with E-state index in [9.17, 15) is 37.5 Å². The molecule has 1 fully saturated rings. The summed E-state index contributed by atoms with van der Waals surface area (Å²) < 4.78 is 47.3. The molecule has 3 aromatic rings. The molecular weight excluding hydrogens is 507 g/mol. The minimum atomic E-state index is -4.62. The minimum Gasteiger partial charge on any atom is -0.449 e. The fourth-order valence-corrected chi connectivity index (χ4v) is 5.84. The predicted octanol–water partition coefficient (Wildman–Crippen LogP) is 3.62. The number of hydrogen-bond acceptors (Lipinski definition) is 5. The Morgan fingerprint density at radius 1 is 1.13 bits per heavy atom. The van der Waals surface area contributed by atoms with Gasteiger partial charge >= 0.3 is 18.0 Å². The van der Waals surface area contributed by atoms with E-state index >= 15 is 0 Å². The van der Waals surface area contributed by atoms with Gasteiger partial charge in [-0.05, 0) is 66.6 Å². The fraction of sp³-hybridized carbons (Fsp3) is 0.308. The van der Waals surface area contributed by atoms with Gasteiger partial charge in [0.05, 0.1) is 28.9 Å². The Kier molecular flexibility index (Phi) is 4.94. The number of amides is 1. The molecule has 0 radical (unpaired) electrons. The zero-order chi connectivity index (χ0) is 27.1. The molecule has 2 heterocycles. The molecule has 2 aliphatic carbocycles. The maximum absolute atomic E-state index is 13.7. The molecule has 1 spiro atoms. The van der Waals surface area contributed by atoms with Crippen LogP contribution in [0, 0.1) is 0 Å². The summed E-state index contributed by atoms with van der Waals surface area (Å²) in [4.78, 5) is 52.6. The Bertz CT molecular complexity index is 1670. The molecule has 9 nitrogen and oxygen atoms in total. The number of hydrogen-bond donors (Lipinski definition) is 1. The number of halogens is 3. The second-order valence-electron chi connectivity index (χ2n) is 9.76. The molecule has 196 valence electrons. The van der Waals surface area contributed by atoms with Crippen LogP contribution in [0.2, 0.25) is 0 Å². The van der Waals surface area contributed by atoms with E-state index in [1.807, 2.05) is 0 Å². The van der Waals surface area contributed by atoms with Crippen LogP contribution in [-0.4, -0.2) is 33.4 Å². The SMILES string of the molecule is CN1C(=O)C2(CC2)c2cc(-n3cc(OC(=O)O)c(=O)n([C@@H]4CCc5c4cccc5C(F)(F)F)c3=O)ccc21. The Morgan fingerprint density at radius 2 is 1.87 bits per heavy atom. The van der Waals surface area contributed by atoms with Gasteiger partial charge < -0.3 is 14.7 Å². The van der Waals surface area contributed by atoms with Crippen LogP contribution in [0.3, 0.4) is 0 Å². The third-order valence-electron chi connectivity index (χ3n) is 7.74. The van der Waals surface area contributed by atoms with Crippen LogP contribution in [0.1, 0.15) is 47.6 Å². The van der Waals surface area contributed by atoms with Crippen molar-refractivity contribution in [2.24, 2.45) is 0 Å². The van der Waals surface area contributed by atoms with Crippen LogP contribution in [0.4, 0.5) is 23.7 Å². The van der Waals surface area contributed by atoms with E-state index in [0.29, 0.717) is 24.1 Å². The molecule has 2 aromatic carbocycles. The third-order valence-corrected chi connectivity index (χ3v) is 7.74. The largest absolute Gasteiger partial charge is 0.511 e. The van der Waals surface area contributed by atoms with E-state index in [1.54, 1.807) is 30.1 Å². The van der Waals surface area contributed by atoms with E-state index in [1.165, 1.54) is 12.1 Å². The number of alkyl halides is 3. The second-order valence-corrected chi connectivity index (χ2v) is 9.76. The zero-order valence-corrected chi connectivity index (χ0v) is 19.9. The van der Waals surface area contributed by atoms with E-state index in [4.69, 9.17) is 0 Å². The first-order valence-electron chi connectivity index (χ1n) is 11.8. The Balaban J connectivity index is 1.55. The fourth-order valence-electron chi connectivity index (χ4n) is 5.84. The standard InChI is InChI=1S/C26H20F3N3O6/c1-30-19-7-5-13(11-17(19)25(9-10-25)22(30)34)31-12-20(38-24(36)37)21(33)32(23(31)35)18-8-6-14-15(18)3-2-4-16(14)26(27,28)29/h2-5,7,11-12,18H,6,8-10H2,1H3,(H,36,37)/t18-/m1/s1. The van der Waals surface area contributed by atoms with Gasteiger partial charge in [0, 0.05) is 12.7 Å². The van der Waals surface area contributed by atoms with Gasteiger partial charge in [-0.25, -0.2) is 14.2 Å². The molecule has 0 unspecified atom stereocenters. The number of carbonyl (C=O) groups excluding carboxylic acids is 1. The van der Waals surface area contributed by atoms with Gasteiger partial charge in [0.15, 0.2) is 0 Å². The van der Waals surface area contributed by atoms with Gasteiger partial charge in [0.2, 0.25) is 11.7 Å². The maximum atomic E-state index is 13.7. The summed E-state index contributed by atoms with van der Waals surface area (Å²) in [5.41, 5.74) is -1.64. The number of fused-ring (bicyclic) bond motifs is 3. The lowest BCUT2D eigenvalue weighted by molar-refractivity contribution is -0.138. The first-order valence-corrected chi connectivity index (χ1v) is 11.8. The highest BCUT2D eigenvalue weighted by Crippen LogP contribution is 2.57. The topological polar surface area (TPSA) is 111 Å². The van der Waals surface area contributed by atoms with Crippen LogP contribution in [0.15, 0.2) is 52.2 Å². The smallest absolute Gasteiger partial charge is 0.449 e. The van der Waals surface area contributed by atoms with Crippen molar-refractivity contribution >= 4 is 17.7 Å². The molecule has 1 aromatic heterocycles. The van der Waals surface area contributed by atoms with Crippen LogP contribution < -0.4 is 20.9 Å². The van der Waals surface area contributed by atoms with E-state index in [-0.39, 0.29) is 35.6 Å². The molecule has 1 saturated carbocycles. The number of likely N-dealkylation sites (N-methyl/N-ethyl adjacent to an activating group) is 1. The lowest BCUT2D eigenvalue weighted by Crippen LogP contribution is -2.42. The molecular formula is C26H20F3N3O6. The number of nitrogens with zero attached hydrogens (tertiary/aromatic N) is 3. The van der Waals surface area contributed by atoms with E-state index in [2.05, 4.69) is 4.74 Å². The summed E-state index contributed by atoms with van der Waals surface area (Å²) in [5.74, 6) is -0.729. The summed E-state index contributed by atoms with van der Waals surface area (Å²) in [6.07, 6.45) is -4.15. The highest BCUT2D eigenvalue weighted by Gasteiger charge is 2.58. The highest BCUT2D eigenvalue weighted by atomic mass is 19.4. The highest BCUT2D eigenvalue weighted by molar-refractivity contribution is 6.10. The monoisotopic (exact) mass is 527 g/mol. The van der Waals surface area contributed by atoms with Gasteiger partial charge in [0.1, 0.15) is 0 Å². The van der Waals surface area contributed by atoms with Crippen molar-refractivity contribution in [3.63, 3.8) is 0 Å². The van der Waals surface area contributed by atoms with Crippen molar-refractivity contribution in [2.75, 3.05) is 11.9 Å². The normalized spacial score (nSPS) is 19.0. The van der Waals surface area contributed by atoms with Crippen LogP contribution in [0.25, 0.3) is 5.69 Å². The number of aromatic nitrogens is 2. The summed E-state index contributed by atoms with van der Waals surface area (Å²) in [5, 5.41) is 9.20. The average molecular weight is 527 g/mol. The first kappa shape index (κ1) is 24.0. The second kappa shape index (κ2) is 7.83. The third kappa shape index (κ3) is 3.32. The molecule has 1 atom stereocenters. The molecule has 1 N–H and O–H groups in total. The van der Waals surface area contributed by atoms with Crippen molar-refractivity contribution in [3.05, 3.63) is 85.7 Å². The molecule has 12 heteroatoms. The summed E-state index contributed by atoms with van der Waals surface area (Å²) in [6, 6.07) is 7.39. The zero-order valence-electron chi connectivity index (χ0n) is 19.9. The minimum absolute atomic E-state index is 0.0119. The number of rotatable bonds is 3. The maximum Gasteiger partial charge on any atom is 0.511 e. The van der Waals surface area contributed by atoms with Crippen molar-refractivity contribution in [3.8, 4) is 11.4 Å². The quantitative estimate of drug-likeness (QED) is 0.521. The number of anilines is 1. The molecule has 38 heavy (non-hydrogen) atoms. The van der Waals surface area contributed by atoms with Crippen molar-refractivity contribution in [1.29, 1.82) is 0 Å². The van der Waals surface area contributed by atoms with Gasteiger partial charge in [-0.2, -0.15) is 13.2 Å². The Morgan fingerprint density at radius 3 is 2.53 bits per heavy atom. The Hall–Kier alpha value is -4.35. The first-order chi connectivity index (χ1) is 17.9. The van der Waals surface area contributed by atoms with Crippen molar-refractivity contribution in [2.45, 2.75) is 43.3 Å². The predicted molar refractivity (Wildman–Crippen MR) is 127 cm³/mol. The number of carbonyl (C=O) groups is 2. The van der Waals surface area contributed by atoms with Crippen LogP contribution in [-0.2, 0) is 22.8 Å². The van der Waals surface area contributed by atoms with Crippen LogP contribution in [0.5, 0.6) is 5.75 Å². The molecule has 1 amide bonds. The van der Waals surface area contributed by atoms with Crippen molar-refractivity contribution in [1.82, 2.24) is 9.13 Å². The van der Waals surface area contributed by atoms with Gasteiger partial charge in [-0.1, -0.05) is 12.1 Å². The van der Waals surface area contributed by atoms with Gasteiger partial charge in [-0.3, -0.25) is 14.2 Å². The number of ether oxygens (including phenoxy) is 1. The molecule has 0 saturated heterocycles. The number of benzene rings is 2. The lowest BCUT2D eigenvalue weighted by Gasteiger charge is -2.19. The van der Waals surface area contributed by atoms with Gasteiger partial charge in [-0.15, -0.1) is 0 Å². The Labute approximate surface area is 212 Å². The molecule has 6 rings (SSSR count). The molecule has 0 bridgehead atoms. The van der Waals surface area contributed by atoms with Crippen molar-refractivity contribution < 1.29 is 32.6 Å². The number of carboxylic acid groups (broad SMARTS) is 1. The molecule has 3 aliphatic rings. The van der Waals surface area contributed by atoms with Gasteiger partial charge in [0.25, 0.3) is 5.56 Å². The van der Waals surface area contributed by atoms with Crippen LogP contribution >= 0.6 is 0 Å². The summed E-state index contributed by atoms with van der Waals surface area (Å²) >= 11 is 0. The van der Waals surface area contributed by atoms with E-state index < -0.39 is 46.4 Å².